The van der Waals surface area contributed by atoms with Crippen LogP contribution >= 0.6 is 27.5 Å². The van der Waals surface area contributed by atoms with Gasteiger partial charge in [-0.1, -0.05) is 18.5 Å². The maximum absolute atomic E-state index is 12.5. The van der Waals surface area contributed by atoms with E-state index >= 15 is 0 Å². The lowest BCUT2D eigenvalue weighted by Gasteiger charge is -2.16. The predicted octanol–water partition coefficient (Wildman–Crippen LogP) is 4.48. The van der Waals surface area contributed by atoms with Crippen LogP contribution in [0.5, 0.6) is 11.5 Å². The number of nitrogens with one attached hydrogen (secondary N) is 1. The van der Waals surface area contributed by atoms with E-state index in [1.807, 2.05) is 6.92 Å². The van der Waals surface area contributed by atoms with Gasteiger partial charge >= 0.3 is 5.97 Å². The lowest BCUT2D eigenvalue weighted by molar-refractivity contribution is -0.123. The molecule has 1 aromatic heterocycles. The highest BCUT2D eigenvalue weighted by atomic mass is 79.9. The number of anilines is 1. The number of carbonyl (C=O) groups is 2. The summed E-state index contributed by atoms with van der Waals surface area (Å²) >= 11 is 9.28. The van der Waals surface area contributed by atoms with E-state index in [4.69, 9.17) is 25.8 Å². The Hall–Kier alpha value is -2.32. The zero-order chi connectivity index (χ0) is 20.7. The third-order valence-corrected chi connectivity index (χ3v) is 4.48. The van der Waals surface area contributed by atoms with Crippen molar-refractivity contribution in [2.75, 3.05) is 19.0 Å². The number of rotatable bonds is 8. The van der Waals surface area contributed by atoms with Gasteiger partial charge in [-0.25, -0.2) is 9.78 Å². The molecule has 0 saturated heterocycles. The molecular formula is C19H20BrClN2O5. The van der Waals surface area contributed by atoms with Gasteiger partial charge in [-0.15, -0.1) is 0 Å². The Morgan fingerprint density at radius 2 is 2.11 bits per heavy atom. The van der Waals surface area contributed by atoms with Crippen molar-refractivity contribution in [2.45, 2.75) is 26.4 Å². The Morgan fingerprint density at radius 3 is 2.75 bits per heavy atom. The lowest BCUT2D eigenvalue weighted by atomic mass is 10.2. The molecular weight excluding hydrogens is 452 g/mol. The van der Waals surface area contributed by atoms with Crippen LogP contribution in [0.4, 0.5) is 5.69 Å². The fourth-order valence-electron chi connectivity index (χ4n) is 2.18. The smallest absolute Gasteiger partial charge is 0.339 e. The number of carbonyl (C=O) groups excluding carboxylic acids is 2. The molecule has 28 heavy (non-hydrogen) atoms. The average Bonchev–Trinajstić information content (AvgIpc) is 2.68. The Bertz CT molecular complexity index is 862. The molecule has 1 aromatic carbocycles. The van der Waals surface area contributed by atoms with E-state index in [1.165, 1.54) is 26.3 Å². The number of esters is 1. The van der Waals surface area contributed by atoms with Crippen molar-refractivity contribution in [2.24, 2.45) is 0 Å². The number of pyridine rings is 1. The van der Waals surface area contributed by atoms with Crippen molar-refractivity contribution in [3.63, 3.8) is 0 Å². The van der Waals surface area contributed by atoms with Gasteiger partial charge < -0.3 is 19.5 Å². The van der Waals surface area contributed by atoms with E-state index < -0.39 is 18.0 Å². The van der Waals surface area contributed by atoms with Gasteiger partial charge in [-0.3, -0.25) is 4.79 Å². The summed E-state index contributed by atoms with van der Waals surface area (Å²) in [6.07, 6.45) is 1.28. The highest BCUT2D eigenvalue weighted by Gasteiger charge is 2.22. The molecule has 0 aliphatic heterocycles. The lowest BCUT2D eigenvalue weighted by Crippen LogP contribution is -2.30. The fourth-order valence-corrected chi connectivity index (χ4v) is 2.90. The first-order valence-corrected chi connectivity index (χ1v) is 9.67. The maximum Gasteiger partial charge on any atom is 0.339 e. The SMILES string of the molecule is CCCOc1c(Br)cc(C(=O)OC(C)C(=O)Nc2cccnc2Cl)cc1OC. The van der Waals surface area contributed by atoms with Crippen molar-refractivity contribution >= 4 is 45.1 Å². The van der Waals surface area contributed by atoms with Crippen molar-refractivity contribution < 1.29 is 23.8 Å². The molecule has 0 spiro atoms. The Labute approximate surface area is 176 Å². The van der Waals surface area contributed by atoms with Crippen LogP contribution in [0.25, 0.3) is 0 Å². The quantitative estimate of drug-likeness (QED) is 0.451. The predicted molar refractivity (Wildman–Crippen MR) is 109 cm³/mol. The van der Waals surface area contributed by atoms with Gasteiger partial charge in [0.15, 0.2) is 22.8 Å². The van der Waals surface area contributed by atoms with Crippen LogP contribution in [-0.4, -0.2) is 36.7 Å². The molecule has 0 fully saturated rings. The van der Waals surface area contributed by atoms with Crippen LogP contribution in [0.1, 0.15) is 30.6 Å². The van der Waals surface area contributed by atoms with Crippen molar-refractivity contribution in [1.29, 1.82) is 0 Å². The minimum atomic E-state index is -1.05. The second-order valence-electron chi connectivity index (χ2n) is 5.72. The summed E-state index contributed by atoms with van der Waals surface area (Å²) in [4.78, 5) is 28.6. The zero-order valence-electron chi connectivity index (χ0n) is 15.6. The third-order valence-electron chi connectivity index (χ3n) is 3.59. The van der Waals surface area contributed by atoms with E-state index in [1.54, 1.807) is 18.2 Å². The van der Waals surface area contributed by atoms with Gasteiger partial charge in [0.1, 0.15) is 0 Å². The van der Waals surface area contributed by atoms with Crippen LogP contribution in [0.3, 0.4) is 0 Å². The Balaban J connectivity index is 2.10. The first kappa shape index (κ1) is 22.0. The monoisotopic (exact) mass is 470 g/mol. The van der Waals surface area contributed by atoms with E-state index in [9.17, 15) is 9.59 Å². The minimum absolute atomic E-state index is 0.144. The van der Waals surface area contributed by atoms with E-state index in [-0.39, 0.29) is 10.7 Å². The molecule has 7 nitrogen and oxygen atoms in total. The first-order valence-electron chi connectivity index (χ1n) is 8.50. The summed E-state index contributed by atoms with van der Waals surface area (Å²) in [6.45, 7) is 3.95. The highest BCUT2D eigenvalue weighted by molar-refractivity contribution is 9.10. The van der Waals surface area contributed by atoms with Crippen LogP contribution in [0.2, 0.25) is 5.15 Å². The van der Waals surface area contributed by atoms with Crippen molar-refractivity contribution in [1.82, 2.24) is 4.98 Å². The van der Waals surface area contributed by atoms with Gasteiger partial charge in [0, 0.05) is 6.20 Å². The van der Waals surface area contributed by atoms with Gasteiger partial charge in [0.25, 0.3) is 5.91 Å². The van der Waals surface area contributed by atoms with Gasteiger partial charge in [-0.05, 0) is 53.5 Å². The third kappa shape index (κ3) is 5.59. The fraction of sp³-hybridized carbons (Fsp3) is 0.316. The number of nitrogens with zero attached hydrogens (tertiary/aromatic N) is 1. The molecule has 150 valence electrons. The summed E-state index contributed by atoms with van der Waals surface area (Å²) in [7, 11) is 1.48. The maximum atomic E-state index is 12.5. The van der Waals surface area contributed by atoms with Crippen molar-refractivity contribution in [3.05, 3.63) is 45.7 Å². The number of halogens is 2. The molecule has 1 unspecified atom stereocenters. The molecule has 9 heteroatoms. The van der Waals surface area contributed by atoms with Crippen molar-refractivity contribution in [3.8, 4) is 11.5 Å². The second-order valence-corrected chi connectivity index (χ2v) is 6.93. The number of ether oxygens (including phenoxy) is 3. The molecule has 0 bridgehead atoms. The topological polar surface area (TPSA) is 86.8 Å². The molecule has 1 N–H and O–H groups in total. The van der Waals surface area contributed by atoms with E-state index in [0.717, 1.165) is 6.42 Å². The Kier molecular flexibility index (Phi) is 8.07. The van der Waals surface area contributed by atoms with E-state index in [2.05, 4.69) is 26.2 Å². The molecule has 1 heterocycles. The molecule has 1 atom stereocenters. The van der Waals surface area contributed by atoms with Gasteiger partial charge in [-0.2, -0.15) is 0 Å². The molecule has 0 aliphatic carbocycles. The van der Waals surface area contributed by atoms with Gasteiger partial charge in [0.2, 0.25) is 0 Å². The highest BCUT2D eigenvalue weighted by Crippen LogP contribution is 2.37. The van der Waals surface area contributed by atoms with Gasteiger partial charge in [0.05, 0.1) is 29.4 Å². The minimum Gasteiger partial charge on any atom is -0.493 e. The summed E-state index contributed by atoms with van der Waals surface area (Å²) < 4.78 is 16.7. The normalized spacial score (nSPS) is 11.5. The molecule has 2 aromatic rings. The number of aromatic nitrogens is 1. The van der Waals surface area contributed by atoms with Crippen LogP contribution in [-0.2, 0) is 9.53 Å². The van der Waals surface area contributed by atoms with Crippen LogP contribution in [0.15, 0.2) is 34.9 Å². The molecule has 2 rings (SSSR count). The molecule has 0 saturated carbocycles. The zero-order valence-corrected chi connectivity index (χ0v) is 18.0. The molecule has 0 radical (unpaired) electrons. The molecule has 1 amide bonds. The summed E-state index contributed by atoms with van der Waals surface area (Å²) in [6, 6.07) is 6.28. The molecule has 0 aliphatic rings. The van der Waals surface area contributed by atoms with E-state index in [0.29, 0.717) is 28.3 Å². The first-order chi connectivity index (χ1) is 13.4. The second kappa shape index (κ2) is 10.3. The standard InChI is InChI=1S/C19H20BrClN2O5/c1-4-8-27-16-13(20)9-12(10-15(16)26-3)19(25)28-11(2)18(24)23-14-6-5-7-22-17(14)21/h5-7,9-11H,4,8H2,1-3H3,(H,23,24). The number of hydrogen-bond acceptors (Lipinski definition) is 6. The van der Waals surface area contributed by atoms with Crippen LogP contribution in [0, 0.1) is 0 Å². The summed E-state index contributed by atoms with van der Waals surface area (Å²) in [5.74, 6) is -0.329. The number of amides is 1. The number of benzene rings is 1. The Morgan fingerprint density at radius 1 is 1.36 bits per heavy atom. The largest absolute Gasteiger partial charge is 0.493 e. The number of methoxy groups -OCH3 is 1. The number of hydrogen-bond donors (Lipinski definition) is 1. The summed E-state index contributed by atoms with van der Waals surface area (Å²) in [5.41, 5.74) is 0.547. The van der Waals surface area contributed by atoms with Crippen LogP contribution < -0.4 is 14.8 Å². The summed E-state index contributed by atoms with van der Waals surface area (Å²) in [5, 5.41) is 2.71. The average molecular weight is 472 g/mol.